The van der Waals surface area contributed by atoms with Crippen LogP contribution < -0.4 is 10.1 Å². The lowest BCUT2D eigenvalue weighted by Gasteiger charge is -2.22. The largest absolute Gasteiger partial charge is 0.493 e. The predicted octanol–water partition coefficient (Wildman–Crippen LogP) is 4.20. The van der Waals surface area contributed by atoms with Crippen LogP contribution in [0.2, 0.25) is 5.02 Å². The van der Waals surface area contributed by atoms with Crippen LogP contribution in [-0.2, 0) is 6.42 Å². The maximum atomic E-state index is 6.30. The highest BCUT2D eigenvalue weighted by atomic mass is 35.5. The summed E-state index contributed by atoms with van der Waals surface area (Å²) in [6.07, 6.45) is 0.937. The van der Waals surface area contributed by atoms with Gasteiger partial charge < -0.3 is 10.1 Å². The number of fused-ring (bicyclic) bond motifs is 1. The number of hydrogen-bond donors (Lipinski definition) is 1. The summed E-state index contributed by atoms with van der Waals surface area (Å²) in [7, 11) is 1.98. The van der Waals surface area contributed by atoms with Crippen LogP contribution in [0.5, 0.6) is 5.75 Å². The van der Waals surface area contributed by atoms with Crippen LogP contribution in [-0.4, -0.2) is 13.7 Å². The van der Waals surface area contributed by atoms with Crippen molar-refractivity contribution in [3.63, 3.8) is 0 Å². The zero-order valence-electron chi connectivity index (χ0n) is 12.7. The van der Waals surface area contributed by atoms with Gasteiger partial charge in [0.25, 0.3) is 0 Å². The van der Waals surface area contributed by atoms with Crippen molar-refractivity contribution in [2.45, 2.75) is 26.3 Å². The van der Waals surface area contributed by atoms with Crippen LogP contribution in [0.1, 0.15) is 33.9 Å². The summed E-state index contributed by atoms with van der Waals surface area (Å²) in [6, 6.07) is 10.7. The molecule has 3 rings (SSSR count). The summed E-state index contributed by atoms with van der Waals surface area (Å²) in [5.41, 5.74) is 6.15. The quantitative estimate of drug-likeness (QED) is 0.917. The molecule has 0 spiro atoms. The summed E-state index contributed by atoms with van der Waals surface area (Å²) in [6.45, 7) is 5.01. The summed E-state index contributed by atoms with van der Waals surface area (Å²) in [4.78, 5) is 0. The third-order valence-electron chi connectivity index (χ3n) is 4.12. The molecule has 0 radical (unpaired) electrons. The zero-order valence-corrected chi connectivity index (χ0v) is 13.4. The summed E-state index contributed by atoms with van der Waals surface area (Å²) in [5, 5.41) is 4.20. The number of nitrogens with one attached hydrogen (secondary N) is 1. The van der Waals surface area contributed by atoms with Crippen molar-refractivity contribution in [3.8, 4) is 5.75 Å². The maximum absolute atomic E-state index is 6.30. The van der Waals surface area contributed by atoms with Crippen molar-refractivity contribution in [1.82, 2.24) is 5.32 Å². The fourth-order valence-corrected chi connectivity index (χ4v) is 3.31. The molecule has 1 N–H and O–H groups in total. The highest BCUT2D eigenvalue weighted by Gasteiger charge is 2.24. The van der Waals surface area contributed by atoms with E-state index in [1.807, 2.05) is 19.2 Å². The van der Waals surface area contributed by atoms with Crippen molar-refractivity contribution < 1.29 is 4.74 Å². The summed E-state index contributed by atoms with van der Waals surface area (Å²) < 4.78 is 5.86. The molecular formula is C18H20ClNO. The lowest BCUT2D eigenvalue weighted by molar-refractivity contribution is 0.351. The fourth-order valence-electron chi connectivity index (χ4n) is 3.06. The van der Waals surface area contributed by atoms with Crippen LogP contribution >= 0.6 is 11.6 Å². The van der Waals surface area contributed by atoms with E-state index in [0.717, 1.165) is 29.4 Å². The van der Waals surface area contributed by atoms with Crippen LogP contribution in [0.3, 0.4) is 0 Å². The molecule has 0 fully saturated rings. The Bertz CT molecular complexity index is 681. The number of hydrogen-bond acceptors (Lipinski definition) is 2. The Morgan fingerprint density at radius 1 is 1.14 bits per heavy atom. The molecule has 0 saturated carbocycles. The first-order valence-electron chi connectivity index (χ1n) is 7.29. The smallest absolute Gasteiger partial charge is 0.127 e. The van der Waals surface area contributed by atoms with Crippen molar-refractivity contribution in [2.75, 3.05) is 13.7 Å². The molecule has 3 heteroatoms. The lowest BCUT2D eigenvalue weighted by atomic mass is 9.92. The first kappa shape index (κ1) is 14.4. The molecule has 1 heterocycles. The average molecular weight is 302 g/mol. The molecule has 1 atom stereocenters. The van der Waals surface area contributed by atoms with Crippen LogP contribution in [0.4, 0.5) is 0 Å². The Labute approximate surface area is 131 Å². The summed E-state index contributed by atoms with van der Waals surface area (Å²) >= 11 is 6.30. The van der Waals surface area contributed by atoms with Gasteiger partial charge in [0, 0.05) is 17.0 Å². The maximum Gasteiger partial charge on any atom is 0.127 e. The number of rotatable bonds is 3. The van der Waals surface area contributed by atoms with Crippen molar-refractivity contribution >= 4 is 11.6 Å². The molecule has 2 nitrogen and oxygen atoms in total. The minimum atomic E-state index is 0.0930. The Balaban J connectivity index is 2.15. The topological polar surface area (TPSA) is 21.3 Å². The molecule has 2 aromatic carbocycles. The lowest BCUT2D eigenvalue weighted by Crippen LogP contribution is -2.19. The van der Waals surface area contributed by atoms with Gasteiger partial charge in [-0.25, -0.2) is 0 Å². The van der Waals surface area contributed by atoms with Gasteiger partial charge in [-0.05, 0) is 49.7 Å². The molecule has 2 aromatic rings. The number of halogens is 1. The molecule has 21 heavy (non-hydrogen) atoms. The van der Waals surface area contributed by atoms with E-state index in [9.17, 15) is 0 Å². The molecule has 0 saturated heterocycles. The normalized spacial score (nSPS) is 14.7. The van der Waals surface area contributed by atoms with Gasteiger partial charge >= 0.3 is 0 Å². The third kappa shape index (κ3) is 2.66. The van der Waals surface area contributed by atoms with Crippen molar-refractivity contribution in [1.29, 1.82) is 0 Å². The number of aryl methyl sites for hydroxylation is 2. The average Bonchev–Trinajstić information content (AvgIpc) is 2.91. The molecular weight excluding hydrogens is 282 g/mol. The minimum Gasteiger partial charge on any atom is -0.493 e. The fraction of sp³-hybridized carbons (Fsp3) is 0.333. The minimum absolute atomic E-state index is 0.0930. The third-order valence-corrected chi connectivity index (χ3v) is 4.34. The van der Waals surface area contributed by atoms with Crippen LogP contribution in [0.15, 0.2) is 30.3 Å². The Morgan fingerprint density at radius 2 is 1.95 bits per heavy atom. The van der Waals surface area contributed by atoms with E-state index in [0.29, 0.717) is 0 Å². The van der Waals surface area contributed by atoms with Gasteiger partial charge in [0.1, 0.15) is 5.75 Å². The van der Waals surface area contributed by atoms with E-state index in [2.05, 4.69) is 37.4 Å². The van der Waals surface area contributed by atoms with Gasteiger partial charge in [-0.2, -0.15) is 0 Å². The van der Waals surface area contributed by atoms with E-state index < -0.39 is 0 Å². The van der Waals surface area contributed by atoms with Gasteiger partial charge in [0.05, 0.1) is 12.6 Å². The molecule has 0 bridgehead atoms. The second kappa shape index (κ2) is 5.70. The standard InChI is InChI=1S/C18H20ClNO/c1-11-4-5-12(2)15(8-11)17(20-3)16-10-14(19)9-13-6-7-21-18(13)16/h4-5,8-10,17,20H,6-7H2,1-3H3. The first-order valence-corrected chi connectivity index (χ1v) is 7.67. The molecule has 0 aliphatic carbocycles. The second-order valence-corrected chi connectivity index (χ2v) is 6.10. The molecule has 1 aliphatic heterocycles. The molecule has 1 aliphatic rings. The number of ether oxygens (including phenoxy) is 1. The van der Waals surface area contributed by atoms with Crippen molar-refractivity contribution in [2.24, 2.45) is 0 Å². The Morgan fingerprint density at radius 3 is 2.71 bits per heavy atom. The summed E-state index contributed by atoms with van der Waals surface area (Å²) in [5.74, 6) is 1.000. The highest BCUT2D eigenvalue weighted by Crippen LogP contribution is 2.39. The molecule has 0 amide bonds. The predicted molar refractivity (Wildman–Crippen MR) is 87.5 cm³/mol. The zero-order chi connectivity index (χ0) is 15.0. The van der Waals surface area contributed by atoms with E-state index in [1.54, 1.807) is 0 Å². The second-order valence-electron chi connectivity index (χ2n) is 5.66. The number of benzene rings is 2. The van der Waals surface area contributed by atoms with Crippen LogP contribution in [0.25, 0.3) is 0 Å². The van der Waals surface area contributed by atoms with E-state index in [1.165, 1.54) is 22.3 Å². The van der Waals surface area contributed by atoms with Gasteiger partial charge in [-0.15, -0.1) is 0 Å². The van der Waals surface area contributed by atoms with E-state index in [-0.39, 0.29) is 6.04 Å². The van der Waals surface area contributed by atoms with E-state index in [4.69, 9.17) is 16.3 Å². The Kier molecular flexibility index (Phi) is 3.92. The first-order chi connectivity index (χ1) is 10.1. The van der Waals surface area contributed by atoms with Crippen LogP contribution in [0, 0.1) is 13.8 Å². The molecule has 1 unspecified atom stereocenters. The van der Waals surface area contributed by atoms with Gasteiger partial charge in [0.2, 0.25) is 0 Å². The van der Waals surface area contributed by atoms with Gasteiger partial charge in [-0.3, -0.25) is 0 Å². The van der Waals surface area contributed by atoms with Crippen molar-refractivity contribution in [3.05, 3.63) is 63.2 Å². The molecule has 0 aromatic heterocycles. The Hall–Kier alpha value is -1.51. The molecule has 110 valence electrons. The van der Waals surface area contributed by atoms with Gasteiger partial charge in [-0.1, -0.05) is 35.4 Å². The van der Waals surface area contributed by atoms with Gasteiger partial charge in [0.15, 0.2) is 0 Å². The monoisotopic (exact) mass is 301 g/mol. The SMILES string of the molecule is CNC(c1cc(C)ccc1C)c1cc(Cl)cc2c1OCC2. The van der Waals surface area contributed by atoms with E-state index >= 15 is 0 Å². The highest BCUT2D eigenvalue weighted by molar-refractivity contribution is 6.30.